The van der Waals surface area contributed by atoms with Gasteiger partial charge in [-0.05, 0) is 62.2 Å². The smallest absolute Gasteiger partial charge is 0.338 e. The van der Waals surface area contributed by atoms with E-state index < -0.39 is 12.0 Å². The van der Waals surface area contributed by atoms with Crippen LogP contribution in [0.15, 0.2) is 57.5 Å². The summed E-state index contributed by atoms with van der Waals surface area (Å²) in [4.78, 5) is 31.9. The lowest BCUT2D eigenvalue weighted by Crippen LogP contribution is -2.40. The van der Waals surface area contributed by atoms with E-state index in [-0.39, 0.29) is 11.7 Å². The van der Waals surface area contributed by atoms with Gasteiger partial charge in [-0.1, -0.05) is 46.7 Å². The second kappa shape index (κ2) is 10.5. The van der Waals surface area contributed by atoms with E-state index in [4.69, 9.17) is 37.4 Å². The lowest BCUT2D eigenvalue weighted by molar-refractivity contribution is -0.143. The molecule has 3 aromatic rings. The fraction of sp³-hybridized carbons (Fsp3) is 0.269. The van der Waals surface area contributed by atoms with Crippen molar-refractivity contribution in [2.75, 3.05) is 14.2 Å². The van der Waals surface area contributed by atoms with E-state index in [2.05, 4.69) is 4.99 Å². The van der Waals surface area contributed by atoms with Crippen LogP contribution in [-0.2, 0) is 9.53 Å². The van der Waals surface area contributed by atoms with Gasteiger partial charge in [0.25, 0.3) is 5.56 Å². The first-order valence-electron chi connectivity index (χ1n) is 11.0. The second-order valence-electron chi connectivity index (χ2n) is 8.33. The van der Waals surface area contributed by atoms with Crippen molar-refractivity contribution in [2.45, 2.75) is 32.9 Å². The van der Waals surface area contributed by atoms with Crippen molar-refractivity contribution in [3.8, 4) is 11.5 Å². The largest absolute Gasteiger partial charge is 0.493 e. The van der Waals surface area contributed by atoms with Crippen LogP contribution in [0.25, 0.3) is 6.08 Å². The summed E-state index contributed by atoms with van der Waals surface area (Å²) in [6, 6.07) is 9.73. The Bertz CT molecular complexity index is 1540. The normalized spacial score (nSPS) is 15.6. The van der Waals surface area contributed by atoms with Crippen LogP contribution in [0.3, 0.4) is 0 Å². The first-order valence-corrected chi connectivity index (χ1v) is 12.6. The van der Waals surface area contributed by atoms with Gasteiger partial charge >= 0.3 is 5.97 Å². The van der Waals surface area contributed by atoms with Crippen LogP contribution >= 0.6 is 34.5 Å². The monoisotopic (exact) mass is 546 g/mol. The topological polar surface area (TPSA) is 79.1 Å². The lowest BCUT2D eigenvalue weighted by Gasteiger charge is -2.25. The predicted molar refractivity (Wildman–Crippen MR) is 141 cm³/mol. The first-order chi connectivity index (χ1) is 17.1. The maximum absolute atomic E-state index is 13.7. The number of allylic oxidation sites excluding steroid dienone is 1. The molecule has 0 bridgehead atoms. The van der Waals surface area contributed by atoms with Crippen LogP contribution in [-0.4, -0.2) is 30.9 Å². The molecule has 1 atom stereocenters. The molecule has 0 saturated heterocycles. The standard InChI is InChI=1S/C26H24Cl2N2O5S/c1-13(2)35-25(32)21-14(3)29-26-30(22(21)16-6-8-17(27)9-7-16)24(31)20(36-26)12-15-10-18(28)23(34-5)19(11-15)33-4/h6-13,22H,1-5H3/b20-12-/t22-/m0/s1. The van der Waals surface area contributed by atoms with Crippen molar-refractivity contribution in [3.05, 3.63) is 88.5 Å². The molecule has 0 amide bonds. The maximum atomic E-state index is 13.7. The average Bonchev–Trinajstić information content (AvgIpc) is 3.12. The molecule has 0 fully saturated rings. The van der Waals surface area contributed by atoms with Crippen LogP contribution in [0.4, 0.5) is 0 Å². The van der Waals surface area contributed by atoms with Gasteiger partial charge in [-0.25, -0.2) is 9.79 Å². The quantitative estimate of drug-likeness (QED) is 0.425. The third-order valence-electron chi connectivity index (χ3n) is 5.52. The Morgan fingerprint density at radius 1 is 1.14 bits per heavy atom. The van der Waals surface area contributed by atoms with Crippen LogP contribution < -0.4 is 24.4 Å². The highest BCUT2D eigenvalue weighted by atomic mass is 35.5. The van der Waals surface area contributed by atoms with Crippen molar-refractivity contribution >= 4 is 46.6 Å². The van der Waals surface area contributed by atoms with Gasteiger partial charge in [0.15, 0.2) is 16.3 Å². The number of hydrogen-bond acceptors (Lipinski definition) is 7. The van der Waals surface area contributed by atoms with E-state index in [0.717, 1.165) is 0 Å². The molecule has 10 heteroatoms. The van der Waals surface area contributed by atoms with Crippen molar-refractivity contribution in [2.24, 2.45) is 4.99 Å². The van der Waals surface area contributed by atoms with Gasteiger partial charge in [0, 0.05) is 5.02 Å². The summed E-state index contributed by atoms with van der Waals surface area (Å²) in [5.41, 5.74) is 1.86. The van der Waals surface area contributed by atoms with E-state index in [0.29, 0.717) is 53.3 Å². The zero-order valence-corrected chi connectivity index (χ0v) is 22.6. The van der Waals surface area contributed by atoms with E-state index in [1.165, 1.54) is 30.1 Å². The Kier molecular flexibility index (Phi) is 7.59. The molecule has 0 saturated carbocycles. The molecule has 0 spiro atoms. The fourth-order valence-electron chi connectivity index (χ4n) is 3.99. The summed E-state index contributed by atoms with van der Waals surface area (Å²) in [6.07, 6.45) is 1.38. The number of nitrogens with zero attached hydrogens (tertiary/aromatic N) is 2. The molecule has 0 radical (unpaired) electrons. The molecule has 0 unspecified atom stereocenters. The summed E-state index contributed by atoms with van der Waals surface area (Å²) in [5.74, 6) is 0.328. The molecule has 0 aliphatic carbocycles. The minimum atomic E-state index is -0.721. The number of aromatic nitrogens is 1. The SMILES string of the molecule is COc1cc(/C=c2\sc3n(c2=O)[C@@H](c2ccc(Cl)cc2)C(C(=O)OC(C)C)=C(C)N=3)cc(Cl)c1OC. The van der Waals surface area contributed by atoms with Crippen molar-refractivity contribution in [1.82, 2.24) is 4.57 Å². The molecule has 0 N–H and O–H groups in total. The number of ether oxygens (including phenoxy) is 3. The van der Waals surface area contributed by atoms with Crippen LogP contribution in [0, 0.1) is 0 Å². The van der Waals surface area contributed by atoms with E-state index in [1.54, 1.807) is 63.2 Å². The molecule has 36 heavy (non-hydrogen) atoms. The Morgan fingerprint density at radius 2 is 1.83 bits per heavy atom. The summed E-state index contributed by atoms with van der Waals surface area (Å²) in [6.45, 7) is 5.29. The number of carbonyl (C=O) groups is 1. The number of esters is 1. The molecule has 2 heterocycles. The molecule has 1 aromatic heterocycles. The number of thiazole rings is 1. The summed E-state index contributed by atoms with van der Waals surface area (Å²) in [5, 5.41) is 0.896. The Labute approximate surface area is 221 Å². The van der Waals surface area contributed by atoms with Crippen molar-refractivity contribution in [3.63, 3.8) is 0 Å². The van der Waals surface area contributed by atoms with Gasteiger partial charge in [0.1, 0.15) is 0 Å². The number of fused-ring (bicyclic) bond motifs is 1. The molecular formula is C26H24Cl2N2O5S. The number of carbonyl (C=O) groups excluding carboxylic acids is 1. The Hall–Kier alpha value is -3.07. The van der Waals surface area contributed by atoms with Crippen LogP contribution in [0.5, 0.6) is 11.5 Å². The van der Waals surface area contributed by atoms with Gasteiger partial charge in [-0.2, -0.15) is 0 Å². The number of benzene rings is 2. The van der Waals surface area contributed by atoms with Crippen molar-refractivity contribution < 1.29 is 19.0 Å². The highest BCUT2D eigenvalue weighted by molar-refractivity contribution is 7.07. The Morgan fingerprint density at radius 3 is 2.44 bits per heavy atom. The maximum Gasteiger partial charge on any atom is 0.338 e. The minimum absolute atomic E-state index is 0.299. The molecular weight excluding hydrogens is 523 g/mol. The second-order valence-corrected chi connectivity index (χ2v) is 10.2. The van der Waals surface area contributed by atoms with Crippen LogP contribution in [0.1, 0.15) is 37.9 Å². The van der Waals surface area contributed by atoms with Crippen molar-refractivity contribution in [1.29, 1.82) is 0 Å². The van der Waals surface area contributed by atoms with Gasteiger partial charge in [0.05, 0.1) is 47.2 Å². The van der Waals surface area contributed by atoms with E-state index in [9.17, 15) is 9.59 Å². The van der Waals surface area contributed by atoms with E-state index >= 15 is 0 Å². The highest BCUT2D eigenvalue weighted by Gasteiger charge is 2.33. The summed E-state index contributed by atoms with van der Waals surface area (Å²) in [7, 11) is 3.01. The third kappa shape index (κ3) is 4.93. The van der Waals surface area contributed by atoms with Gasteiger partial charge in [0.2, 0.25) is 0 Å². The number of rotatable bonds is 6. The first kappa shape index (κ1) is 26.0. The lowest BCUT2D eigenvalue weighted by atomic mass is 9.96. The molecule has 188 valence electrons. The molecule has 4 rings (SSSR count). The highest BCUT2D eigenvalue weighted by Crippen LogP contribution is 2.36. The fourth-order valence-corrected chi connectivity index (χ4v) is 5.46. The molecule has 2 aromatic carbocycles. The Balaban J connectivity index is 1.93. The molecule has 1 aliphatic rings. The van der Waals surface area contributed by atoms with Gasteiger partial charge < -0.3 is 14.2 Å². The van der Waals surface area contributed by atoms with Crippen LogP contribution in [0.2, 0.25) is 10.0 Å². The molecule has 1 aliphatic heterocycles. The number of halogens is 2. The zero-order chi connectivity index (χ0) is 26.1. The average molecular weight is 547 g/mol. The third-order valence-corrected chi connectivity index (χ3v) is 7.04. The van der Waals surface area contributed by atoms with E-state index in [1.807, 2.05) is 0 Å². The minimum Gasteiger partial charge on any atom is -0.493 e. The summed E-state index contributed by atoms with van der Waals surface area (Å²) >= 11 is 13.7. The number of methoxy groups -OCH3 is 2. The summed E-state index contributed by atoms with van der Waals surface area (Å²) < 4.78 is 18.1. The number of hydrogen-bond donors (Lipinski definition) is 0. The van der Waals surface area contributed by atoms with Gasteiger partial charge in [-0.15, -0.1) is 0 Å². The zero-order valence-electron chi connectivity index (χ0n) is 20.3. The van der Waals surface area contributed by atoms with Gasteiger partial charge in [-0.3, -0.25) is 9.36 Å². The molecule has 7 nitrogen and oxygen atoms in total. The predicted octanol–water partition coefficient (Wildman–Crippen LogP) is 4.51.